The van der Waals surface area contributed by atoms with E-state index >= 15 is 0 Å². The van der Waals surface area contributed by atoms with Gasteiger partial charge in [-0.2, -0.15) is 0 Å². The van der Waals surface area contributed by atoms with E-state index in [0.29, 0.717) is 19.6 Å². The van der Waals surface area contributed by atoms with Crippen LogP contribution >= 0.6 is 0 Å². The van der Waals surface area contributed by atoms with Gasteiger partial charge in [0.2, 0.25) is 0 Å². The number of hydrogen-bond acceptors (Lipinski definition) is 2. The van der Waals surface area contributed by atoms with E-state index in [1.54, 1.807) is 0 Å². The van der Waals surface area contributed by atoms with E-state index in [1.165, 1.54) is 12.8 Å². The molecule has 3 heterocycles. The highest BCUT2D eigenvalue weighted by Gasteiger charge is 2.34. The lowest BCUT2D eigenvalue weighted by Crippen LogP contribution is -2.60. The minimum Gasteiger partial charge on any atom is -0.325 e. The molecule has 130 valence electrons. The Hall–Kier alpha value is -1.46. The van der Waals surface area contributed by atoms with Gasteiger partial charge in [-0.15, -0.1) is 0 Å². The van der Waals surface area contributed by atoms with Crippen LogP contribution in [-0.4, -0.2) is 83.5 Å². The summed E-state index contributed by atoms with van der Waals surface area (Å²) in [5.41, 5.74) is 0. The van der Waals surface area contributed by atoms with Crippen LogP contribution in [0.3, 0.4) is 0 Å². The van der Waals surface area contributed by atoms with Crippen molar-refractivity contribution in [2.75, 3.05) is 45.8 Å². The fourth-order valence-corrected chi connectivity index (χ4v) is 3.97. The van der Waals surface area contributed by atoms with Crippen LogP contribution in [0, 0.1) is 0 Å². The lowest BCUT2D eigenvalue weighted by Gasteiger charge is -2.44. The Morgan fingerprint density at radius 2 is 1.17 bits per heavy atom. The van der Waals surface area contributed by atoms with E-state index in [-0.39, 0.29) is 18.1 Å². The van der Waals surface area contributed by atoms with Crippen LogP contribution in [0.4, 0.5) is 9.59 Å². The molecule has 0 saturated carbocycles. The second-order valence-electron chi connectivity index (χ2n) is 7.15. The van der Waals surface area contributed by atoms with E-state index in [4.69, 9.17) is 0 Å². The minimum absolute atomic E-state index is 0.104. The van der Waals surface area contributed by atoms with Crippen molar-refractivity contribution >= 4 is 12.1 Å². The molecule has 3 rings (SSSR count). The summed E-state index contributed by atoms with van der Waals surface area (Å²) in [5.74, 6) is 0. The Bertz CT molecular complexity index is 430. The monoisotopic (exact) mass is 322 g/mol. The predicted molar refractivity (Wildman–Crippen MR) is 89.4 cm³/mol. The summed E-state index contributed by atoms with van der Waals surface area (Å²) in [7, 11) is 0. The summed E-state index contributed by atoms with van der Waals surface area (Å²) in [6, 6.07) is 0.441. The molecule has 0 aromatic heterocycles. The molecule has 3 saturated heterocycles. The van der Waals surface area contributed by atoms with E-state index in [0.717, 1.165) is 51.9 Å². The number of urea groups is 2. The van der Waals surface area contributed by atoms with Crippen LogP contribution in [0.2, 0.25) is 0 Å². The first-order chi connectivity index (χ1) is 11.2. The fraction of sp³-hybridized carbons (Fsp3) is 0.882. The van der Waals surface area contributed by atoms with Crippen molar-refractivity contribution in [3.8, 4) is 0 Å². The molecule has 0 spiro atoms. The molecule has 0 radical (unpaired) electrons. The number of amides is 4. The number of likely N-dealkylation sites (tertiary alicyclic amines) is 2. The van der Waals surface area contributed by atoms with Crippen LogP contribution in [0.15, 0.2) is 0 Å². The van der Waals surface area contributed by atoms with Gasteiger partial charge in [-0.1, -0.05) is 0 Å². The maximum absolute atomic E-state index is 12.7. The highest BCUT2D eigenvalue weighted by molar-refractivity contribution is 5.77. The summed E-state index contributed by atoms with van der Waals surface area (Å²) in [6.45, 7) is 7.61. The molecule has 0 bridgehead atoms. The average Bonchev–Trinajstić information content (AvgIpc) is 2.62. The van der Waals surface area contributed by atoms with Crippen LogP contribution in [0.25, 0.3) is 0 Å². The number of piperazine rings is 1. The number of carbonyl (C=O) groups excluding carboxylic acids is 2. The molecule has 1 atom stereocenters. The summed E-state index contributed by atoms with van der Waals surface area (Å²) in [6.07, 6.45) is 6.94. The van der Waals surface area contributed by atoms with Gasteiger partial charge in [0, 0.05) is 51.9 Å². The van der Waals surface area contributed by atoms with E-state index in [2.05, 4.69) is 6.92 Å². The lowest BCUT2D eigenvalue weighted by molar-refractivity contribution is 0.0740. The molecule has 0 aliphatic carbocycles. The third-order valence-electron chi connectivity index (χ3n) is 5.40. The molecule has 23 heavy (non-hydrogen) atoms. The van der Waals surface area contributed by atoms with Crippen LogP contribution in [0.5, 0.6) is 0 Å². The number of hydrogen-bond donors (Lipinski definition) is 0. The molecule has 0 unspecified atom stereocenters. The topological polar surface area (TPSA) is 47.1 Å². The zero-order valence-corrected chi connectivity index (χ0v) is 14.4. The largest absolute Gasteiger partial charge is 0.325 e. The Balaban J connectivity index is 1.54. The maximum Gasteiger partial charge on any atom is 0.320 e. The van der Waals surface area contributed by atoms with Crippen LogP contribution in [-0.2, 0) is 0 Å². The van der Waals surface area contributed by atoms with Gasteiger partial charge >= 0.3 is 12.1 Å². The first kappa shape index (κ1) is 16.4. The first-order valence-electron chi connectivity index (χ1n) is 9.26. The standard InChI is InChI=1S/C17H30N4O2/c1-15-14-20(16(22)18-8-4-2-5-9-18)12-13-21(15)17(23)19-10-6-3-7-11-19/h15H,2-14H2,1H3/t15-/m1/s1. The van der Waals surface area contributed by atoms with E-state index in [1.807, 2.05) is 19.6 Å². The van der Waals surface area contributed by atoms with Gasteiger partial charge in [-0.25, -0.2) is 9.59 Å². The molecule has 3 aliphatic rings. The first-order valence-corrected chi connectivity index (χ1v) is 9.26. The third kappa shape index (κ3) is 3.72. The highest BCUT2D eigenvalue weighted by atomic mass is 16.2. The quantitative estimate of drug-likeness (QED) is 0.686. The van der Waals surface area contributed by atoms with Crippen LogP contribution < -0.4 is 0 Å². The summed E-state index contributed by atoms with van der Waals surface area (Å²) in [5, 5.41) is 0. The summed E-state index contributed by atoms with van der Waals surface area (Å²) >= 11 is 0. The van der Waals surface area contributed by atoms with Gasteiger partial charge in [0.25, 0.3) is 0 Å². The molecule has 0 N–H and O–H groups in total. The normalized spacial score (nSPS) is 26.4. The maximum atomic E-state index is 12.7. The molecule has 6 heteroatoms. The smallest absolute Gasteiger partial charge is 0.320 e. The van der Waals surface area contributed by atoms with Crippen molar-refractivity contribution in [2.45, 2.75) is 51.5 Å². The van der Waals surface area contributed by atoms with E-state index < -0.39 is 0 Å². The molecular weight excluding hydrogens is 292 g/mol. The van der Waals surface area contributed by atoms with Crippen molar-refractivity contribution in [1.29, 1.82) is 0 Å². The predicted octanol–water partition coefficient (Wildman–Crippen LogP) is 2.20. The molecule has 0 aromatic carbocycles. The summed E-state index contributed by atoms with van der Waals surface area (Å²) in [4.78, 5) is 33.2. The van der Waals surface area contributed by atoms with Crippen molar-refractivity contribution < 1.29 is 9.59 Å². The number of rotatable bonds is 0. The zero-order valence-electron chi connectivity index (χ0n) is 14.4. The van der Waals surface area contributed by atoms with Gasteiger partial charge in [0.1, 0.15) is 0 Å². The Kier molecular flexibility index (Phi) is 5.28. The van der Waals surface area contributed by atoms with Gasteiger partial charge in [-0.3, -0.25) is 0 Å². The number of piperidine rings is 2. The number of nitrogens with zero attached hydrogens (tertiary/aromatic N) is 4. The van der Waals surface area contributed by atoms with Crippen molar-refractivity contribution in [3.63, 3.8) is 0 Å². The molecular formula is C17H30N4O2. The van der Waals surface area contributed by atoms with Crippen molar-refractivity contribution in [1.82, 2.24) is 19.6 Å². The minimum atomic E-state index is 0.104. The van der Waals surface area contributed by atoms with E-state index in [9.17, 15) is 9.59 Å². The van der Waals surface area contributed by atoms with Crippen LogP contribution in [0.1, 0.15) is 45.4 Å². The average molecular weight is 322 g/mol. The van der Waals surface area contributed by atoms with Gasteiger partial charge < -0.3 is 19.6 Å². The molecule has 3 fully saturated rings. The Morgan fingerprint density at radius 1 is 0.652 bits per heavy atom. The van der Waals surface area contributed by atoms with Gasteiger partial charge in [-0.05, 0) is 45.4 Å². The SMILES string of the molecule is C[C@@H]1CN(C(=O)N2CCCCC2)CCN1C(=O)N1CCCCC1. The van der Waals surface area contributed by atoms with Gasteiger partial charge in [0.15, 0.2) is 0 Å². The third-order valence-corrected chi connectivity index (χ3v) is 5.40. The fourth-order valence-electron chi connectivity index (χ4n) is 3.97. The van der Waals surface area contributed by atoms with Crippen molar-refractivity contribution in [2.24, 2.45) is 0 Å². The molecule has 0 aromatic rings. The molecule has 6 nitrogen and oxygen atoms in total. The Labute approximate surface area is 139 Å². The Morgan fingerprint density at radius 3 is 1.70 bits per heavy atom. The molecule has 3 aliphatic heterocycles. The number of carbonyl (C=O) groups is 2. The lowest BCUT2D eigenvalue weighted by atomic mass is 10.1. The second kappa shape index (κ2) is 7.41. The highest BCUT2D eigenvalue weighted by Crippen LogP contribution is 2.18. The molecule has 4 amide bonds. The zero-order chi connectivity index (χ0) is 16.2. The van der Waals surface area contributed by atoms with Gasteiger partial charge in [0.05, 0.1) is 0 Å². The van der Waals surface area contributed by atoms with Crippen molar-refractivity contribution in [3.05, 3.63) is 0 Å². The second-order valence-corrected chi connectivity index (χ2v) is 7.15. The summed E-state index contributed by atoms with van der Waals surface area (Å²) < 4.78 is 0.